The van der Waals surface area contributed by atoms with Crippen LogP contribution in [0.4, 0.5) is 0 Å². The second kappa shape index (κ2) is 10.7. The number of rotatable bonds is 10. The molecular formula is C20H23NO6. The standard InChI is InChI=1S/C20H23NO6/c1-3-25-18-13-15(20(23)21-14-19(22)24-2)9-10-17(18)27-12-11-26-16-7-5-4-6-8-16/h4-10,13H,3,11-12,14H2,1-2H3,(H,21,23). The third-order valence-electron chi connectivity index (χ3n) is 3.48. The zero-order valence-electron chi connectivity index (χ0n) is 15.4. The molecule has 0 aliphatic carbocycles. The Kier molecular flexibility index (Phi) is 7.96. The molecule has 1 N–H and O–H groups in total. The van der Waals surface area contributed by atoms with Crippen LogP contribution in [0.2, 0.25) is 0 Å². The molecule has 0 radical (unpaired) electrons. The van der Waals surface area contributed by atoms with Gasteiger partial charge < -0.3 is 24.3 Å². The van der Waals surface area contributed by atoms with Crippen LogP contribution in [0.5, 0.6) is 17.2 Å². The van der Waals surface area contributed by atoms with Crippen LogP contribution in [0, 0.1) is 0 Å². The number of hydrogen-bond acceptors (Lipinski definition) is 6. The molecule has 0 fully saturated rings. The van der Waals surface area contributed by atoms with E-state index in [9.17, 15) is 9.59 Å². The fraction of sp³-hybridized carbons (Fsp3) is 0.300. The Labute approximate surface area is 158 Å². The van der Waals surface area contributed by atoms with Crippen molar-refractivity contribution in [1.29, 1.82) is 0 Å². The highest BCUT2D eigenvalue weighted by Gasteiger charge is 2.13. The first-order valence-electron chi connectivity index (χ1n) is 8.56. The first-order chi connectivity index (χ1) is 13.1. The first-order valence-corrected chi connectivity index (χ1v) is 8.56. The molecule has 0 saturated heterocycles. The van der Waals surface area contributed by atoms with Crippen molar-refractivity contribution < 1.29 is 28.5 Å². The number of esters is 1. The Morgan fingerprint density at radius 1 is 0.926 bits per heavy atom. The largest absolute Gasteiger partial charge is 0.490 e. The summed E-state index contributed by atoms with van der Waals surface area (Å²) in [5.41, 5.74) is 0.357. The molecule has 0 bridgehead atoms. The predicted molar refractivity (Wildman–Crippen MR) is 99.4 cm³/mol. The van der Waals surface area contributed by atoms with Crippen molar-refractivity contribution >= 4 is 11.9 Å². The molecule has 1 amide bonds. The van der Waals surface area contributed by atoms with Gasteiger partial charge in [-0.25, -0.2) is 0 Å². The number of ether oxygens (including phenoxy) is 4. The quantitative estimate of drug-likeness (QED) is 0.509. The molecule has 2 rings (SSSR count). The van der Waals surface area contributed by atoms with Gasteiger partial charge in [0.15, 0.2) is 11.5 Å². The monoisotopic (exact) mass is 373 g/mol. The van der Waals surface area contributed by atoms with E-state index in [1.165, 1.54) is 7.11 Å². The van der Waals surface area contributed by atoms with Crippen LogP contribution in [0.25, 0.3) is 0 Å². The van der Waals surface area contributed by atoms with E-state index in [4.69, 9.17) is 14.2 Å². The summed E-state index contributed by atoms with van der Waals surface area (Å²) in [7, 11) is 1.26. The van der Waals surface area contributed by atoms with Crippen LogP contribution in [0.1, 0.15) is 17.3 Å². The van der Waals surface area contributed by atoms with Crippen LogP contribution in [-0.2, 0) is 9.53 Å². The van der Waals surface area contributed by atoms with Gasteiger partial charge in [0.2, 0.25) is 0 Å². The number of para-hydroxylation sites is 1. The van der Waals surface area contributed by atoms with Gasteiger partial charge in [0.25, 0.3) is 5.91 Å². The number of hydrogen-bond donors (Lipinski definition) is 1. The molecule has 7 heteroatoms. The topological polar surface area (TPSA) is 83.1 Å². The van der Waals surface area contributed by atoms with E-state index in [2.05, 4.69) is 10.1 Å². The number of methoxy groups -OCH3 is 1. The maximum absolute atomic E-state index is 12.1. The summed E-state index contributed by atoms with van der Waals surface area (Å²) >= 11 is 0. The van der Waals surface area contributed by atoms with Crippen LogP contribution in [0.3, 0.4) is 0 Å². The van der Waals surface area contributed by atoms with Crippen molar-refractivity contribution in [2.24, 2.45) is 0 Å². The second-order valence-corrected chi connectivity index (χ2v) is 5.36. The number of amides is 1. The highest BCUT2D eigenvalue weighted by atomic mass is 16.5. The van der Waals surface area contributed by atoms with Crippen molar-refractivity contribution in [2.45, 2.75) is 6.92 Å². The molecule has 144 valence electrons. The summed E-state index contributed by atoms with van der Waals surface area (Å²) in [4.78, 5) is 23.2. The lowest BCUT2D eigenvalue weighted by molar-refractivity contribution is -0.139. The third kappa shape index (κ3) is 6.54. The Morgan fingerprint density at radius 3 is 2.37 bits per heavy atom. The van der Waals surface area contributed by atoms with Gasteiger partial charge in [0.05, 0.1) is 13.7 Å². The van der Waals surface area contributed by atoms with Gasteiger partial charge in [-0.1, -0.05) is 18.2 Å². The van der Waals surface area contributed by atoms with E-state index in [1.807, 2.05) is 37.3 Å². The molecule has 2 aromatic carbocycles. The smallest absolute Gasteiger partial charge is 0.325 e. The van der Waals surface area contributed by atoms with Gasteiger partial charge in [0, 0.05) is 5.56 Å². The van der Waals surface area contributed by atoms with Gasteiger partial charge in [-0.3, -0.25) is 9.59 Å². The molecule has 0 spiro atoms. The number of benzene rings is 2. The zero-order valence-corrected chi connectivity index (χ0v) is 15.4. The van der Waals surface area contributed by atoms with Gasteiger partial charge in [-0.05, 0) is 37.3 Å². The average molecular weight is 373 g/mol. The maximum Gasteiger partial charge on any atom is 0.325 e. The Balaban J connectivity index is 1.93. The fourth-order valence-corrected chi connectivity index (χ4v) is 2.19. The highest BCUT2D eigenvalue weighted by Crippen LogP contribution is 2.28. The van der Waals surface area contributed by atoms with E-state index in [0.29, 0.717) is 36.9 Å². The molecule has 7 nitrogen and oxygen atoms in total. The molecule has 0 atom stereocenters. The number of carbonyl (C=O) groups is 2. The molecule has 27 heavy (non-hydrogen) atoms. The van der Waals surface area contributed by atoms with Crippen LogP contribution in [0.15, 0.2) is 48.5 Å². The summed E-state index contributed by atoms with van der Waals surface area (Å²) in [5.74, 6) is 0.803. The molecule has 0 aliphatic heterocycles. The van der Waals surface area contributed by atoms with E-state index in [0.717, 1.165) is 5.75 Å². The zero-order chi connectivity index (χ0) is 19.5. The lowest BCUT2D eigenvalue weighted by Gasteiger charge is -2.14. The van der Waals surface area contributed by atoms with Crippen molar-refractivity contribution in [3.63, 3.8) is 0 Å². The number of carbonyl (C=O) groups excluding carboxylic acids is 2. The van der Waals surface area contributed by atoms with E-state index in [-0.39, 0.29) is 6.54 Å². The van der Waals surface area contributed by atoms with E-state index >= 15 is 0 Å². The summed E-state index contributed by atoms with van der Waals surface area (Å²) in [6.45, 7) is 2.75. The summed E-state index contributed by atoms with van der Waals surface area (Å²) in [6, 6.07) is 14.3. The SMILES string of the molecule is CCOc1cc(C(=O)NCC(=O)OC)ccc1OCCOc1ccccc1. The normalized spacial score (nSPS) is 10.0. The molecule has 0 saturated carbocycles. The Morgan fingerprint density at radius 2 is 1.67 bits per heavy atom. The molecule has 0 aromatic heterocycles. The third-order valence-corrected chi connectivity index (χ3v) is 3.48. The Bertz CT molecular complexity index is 747. The minimum atomic E-state index is -0.522. The first kappa shape index (κ1) is 20.1. The lowest BCUT2D eigenvalue weighted by atomic mass is 10.2. The minimum Gasteiger partial charge on any atom is -0.490 e. The minimum absolute atomic E-state index is 0.200. The predicted octanol–water partition coefficient (Wildman–Crippen LogP) is 2.45. The highest BCUT2D eigenvalue weighted by molar-refractivity contribution is 5.96. The Hall–Kier alpha value is -3.22. The molecule has 0 unspecified atom stereocenters. The second-order valence-electron chi connectivity index (χ2n) is 5.36. The maximum atomic E-state index is 12.1. The summed E-state index contributed by atoms with van der Waals surface area (Å²) in [5, 5.41) is 2.48. The number of nitrogens with one attached hydrogen (secondary N) is 1. The van der Waals surface area contributed by atoms with Gasteiger partial charge >= 0.3 is 5.97 Å². The molecule has 0 heterocycles. The fourth-order valence-electron chi connectivity index (χ4n) is 2.19. The van der Waals surface area contributed by atoms with Crippen LogP contribution < -0.4 is 19.5 Å². The van der Waals surface area contributed by atoms with Gasteiger partial charge in [-0.2, -0.15) is 0 Å². The van der Waals surface area contributed by atoms with Crippen LogP contribution in [-0.4, -0.2) is 45.4 Å². The van der Waals surface area contributed by atoms with Crippen molar-refractivity contribution in [1.82, 2.24) is 5.32 Å². The molecule has 0 aliphatic rings. The van der Waals surface area contributed by atoms with Crippen molar-refractivity contribution in [2.75, 3.05) is 33.5 Å². The molecule has 2 aromatic rings. The van der Waals surface area contributed by atoms with E-state index < -0.39 is 11.9 Å². The van der Waals surface area contributed by atoms with Crippen molar-refractivity contribution in [3.8, 4) is 17.2 Å². The van der Waals surface area contributed by atoms with Crippen molar-refractivity contribution in [3.05, 3.63) is 54.1 Å². The lowest BCUT2D eigenvalue weighted by Crippen LogP contribution is -2.30. The van der Waals surface area contributed by atoms with Crippen LogP contribution >= 0.6 is 0 Å². The van der Waals surface area contributed by atoms with Gasteiger partial charge in [0.1, 0.15) is 25.5 Å². The van der Waals surface area contributed by atoms with Gasteiger partial charge in [-0.15, -0.1) is 0 Å². The summed E-state index contributed by atoms with van der Waals surface area (Å²) < 4.78 is 21.3. The summed E-state index contributed by atoms with van der Waals surface area (Å²) in [6.07, 6.45) is 0. The molecular weight excluding hydrogens is 350 g/mol. The van der Waals surface area contributed by atoms with E-state index in [1.54, 1.807) is 18.2 Å². The average Bonchev–Trinajstić information content (AvgIpc) is 2.70.